The summed E-state index contributed by atoms with van der Waals surface area (Å²) < 4.78 is 2.05. The van der Waals surface area contributed by atoms with E-state index in [4.69, 9.17) is 22.3 Å². The lowest BCUT2D eigenvalue weighted by molar-refractivity contribution is 0.907. The van der Waals surface area contributed by atoms with Gasteiger partial charge in [0, 0.05) is 18.2 Å². The first kappa shape index (κ1) is 14.1. The normalized spacial score (nSPS) is 11.2. The van der Waals surface area contributed by atoms with Gasteiger partial charge in [-0.1, -0.05) is 29.8 Å². The van der Waals surface area contributed by atoms with Crippen molar-refractivity contribution < 1.29 is 0 Å². The number of aryl methyl sites for hydroxylation is 1. The van der Waals surface area contributed by atoms with Crippen molar-refractivity contribution in [1.29, 1.82) is 0 Å². The molecule has 0 radical (unpaired) electrons. The van der Waals surface area contributed by atoms with Crippen molar-refractivity contribution >= 4 is 17.2 Å². The second-order valence-electron chi connectivity index (χ2n) is 5.27. The summed E-state index contributed by atoms with van der Waals surface area (Å²) in [5, 5.41) is 0.700. The number of hydrogen-bond donors (Lipinski definition) is 1. The summed E-state index contributed by atoms with van der Waals surface area (Å²) in [5.74, 6) is 0. The fraction of sp³-hybridized carbons (Fsp3) is 0.235. The average molecular weight is 300 g/mol. The number of halogens is 1. The number of fused-ring (bicyclic) bond motifs is 1. The maximum Gasteiger partial charge on any atom is 0.137 e. The Labute approximate surface area is 129 Å². The van der Waals surface area contributed by atoms with Crippen LogP contribution in [0.5, 0.6) is 0 Å². The van der Waals surface area contributed by atoms with Gasteiger partial charge in [0.1, 0.15) is 5.65 Å². The van der Waals surface area contributed by atoms with Crippen LogP contribution in [0.1, 0.15) is 16.8 Å². The first-order valence-corrected chi connectivity index (χ1v) is 7.42. The van der Waals surface area contributed by atoms with Gasteiger partial charge in [0.15, 0.2) is 0 Å². The van der Waals surface area contributed by atoms with E-state index in [2.05, 4.69) is 32.0 Å². The van der Waals surface area contributed by atoms with E-state index in [0.717, 1.165) is 23.5 Å². The second-order valence-corrected chi connectivity index (χ2v) is 5.71. The van der Waals surface area contributed by atoms with Gasteiger partial charge < -0.3 is 10.1 Å². The van der Waals surface area contributed by atoms with Crippen LogP contribution < -0.4 is 5.73 Å². The zero-order valence-electron chi connectivity index (χ0n) is 12.2. The number of rotatable bonds is 3. The summed E-state index contributed by atoms with van der Waals surface area (Å²) in [6.07, 6.45) is 2.67. The molecule has 0 unspecified atom stereocenters. The molecule has 0 saturated heterocycles. The highest BCUT2D eigenvalue weighted by Gasteiger charge is 2.15. The minimum Gasteiger partial charge on any atom is -0.330 e. The predicted molar refractivity (Wildman–Crippen MR) is 87.9 cm³/mol. The Hall–Kier alpha value is -1.84. The fourth-order valence-electron chi connectivity index (χ4n) is 2.67. The molecule has 4 heteroatoms. The Kier molecular flexibility index (Phi) is 3.70. The first-order chi connectivity index (χ1) is 10.1. The summed E-state index contributed by atoms with van der Waals surface area (Å²) in [6, 6.07) is 10.1. The SMILES string of the molecule is Cc1cccc(-c2nc3ccc(Cl)cn3c2CCN)c1C. The van der Waals surface area contributed by atoms with Crippen LogP contribution in [-0.2, 0) is 6.42 Å². The average Bonchev–Trinajstić information content (AvgIpc) is 2.81. The third-order valence-electron chi connectivity index (χ3n) is 3.92. The first-order valence-electron chi connectivity index (χ1n) is 7.05. The highest BCUT2D eigenvalue weighted by atomic mass is 35.5. The lowest BCUT2D eigenvalue weighted by Gasteiger charge is -2.09. The Morgan fingerprint density at radius 3 is 2.76 bits per heavy atom. The number of imidazole rings is 1. The molecule has 0 aliphatic carbocycles. The molecule has 0 atom stereocenters. The third-order valence-corrected chi connectivity index (χ3v) is 4.15. The quantitative estimate of drug-likeness (QED) is 0.800. The van der Waals surface area contributed by atoms with Gasteiger partial charge in [-0.05, 0) is 43.7 Å². The molecule has 2 N–H and O–H groups in total. The Bertz CT molecular complexity index is 805. The lowest BCUT2D eigenvalue weighted by atomic mass is 9.99. The van der Waals surface area contributed by atoms with Crippen molar-refractivity contribution in [1.82, 2.24) is 9.38 Å². The maximum absolute atomic E-state index is 6.12. The van der Waals surface area contributed by atoms with Crippen LogP contribution in [0.4, 0.5) is 0 Å². The fourth-order valence-corrected chi connectivity index (χ4v) is 2.83. The maximum atomic E-state index is 6.12. The lowest BCUT2D eigenvalue weighted by Crippen LogP contribution is -2.06. The van der Waals surface area contributed by atoms with Crippen molar-refractivity contribution in [2.75, 3.05) is 6.54 Å². The minimum atomic E-state index is 0.582. The standard InChI is InChI=1S/C17H18ClN3/c1-11-4-3-5-14(12(11)2)17-15(8-9-19)21-10-13(18)6-7-16(21)20-17/h3-7,10H,8-9,19H2,1-2H3. The zero-order valence-corrected chi connectivity index (χ0v) is 13.0. The molecule has 108 valence electrons. The molecule has 0 aliphatic rings. The molecule has 21 heavy (non-hydrogen) atoms. The van der Waals surface area contributed by atoms with Gasteiger partial charge in [-0.15, -0.1) is 0 Å². The van der Waals surface area contributed by atoms with Crippen LogP contribution in [-0.4, -0.2) is 15.9 Å². The molecule has 3 aromatic rings. The van der Waals surface area contributed by atoms with Crippen molar-refractivity contribution in [3.05, 3.63) is 58.4 Å². The smallest absolute Gasteiger partial charge is 0.137 e. The largest absolute Gasteiger partial charge is 0.330 e. The highest BCUT2D eigenvalue weighted by Crippen LogP contribution is 2.29. The van der Waals surface area contributed by atoms with E-state index in [-0.39, 0.29) is 0 Å². The number of pyridine rings is 1. The van der Waals surface area contributed by atoms with Crippen molar-refractivity contribution in [2.45, 2.75) is 20.3 Å². The van der Waals surface area contributed by atoms with Gasteiger partial charge in [0.05, 0.1) is 16.4 Å². The topological polar surface area (TPSA) is 43.3 Å². The van der Waals surface area contributed by atoms with E-state index < -0.39 is 0 Å². The van der Waals surface area contributed by atoms with Crippen LogP contribution >= 0.6 is 11.6 Å². The van der Waals surface area contributed by atoms with Gasteiger partial charge >= 0.3 is 0 Å². The summed E-state index contributed by atoms with van der Waals surface area (Å²) in [4.78, 5) is 4.79. The molecule has 0 aliphatic heterocycles. The molecule has 0 bridgehead atoms. The van der Waals surface area contributed by atoms with E-state index in [9.17, 15) is 0 Å². The van der Waals surface area contributed by atoms with Crippen LogP contribution in [0.2, 0.25) is 5.02 Å². The number of nitrogens with two attached hydrogens (primary N) is 1. The molecular formula is C17H18ClN3. The van der Waals surface area contributed by atoms with Crippen LogP contribution in [0.3, 0.4) is 0 Å². The third kappa shape index (κ3) is 2.43. The monoisotopic (exact) mass is 299 g/mol. The Morgan fingerprint density at radius 2 is 2.00 bits per heavy atom. The van der Waals surface area contributed by atoms with Gasteiger partial charge in [0.25, 0.3) is 0 Å². The Morgan fingerprint density at radius 1 is 1.19 bits per heavy atom. The molecular weight excluding hydrogens is 282 g/mol. The highest BCUT2D eigenvalue weighted by molar-refractivity contribution is 6.30. The van der Waals surface area contributed by atoms with Gasteiger partial charge in [0.2, 0.25) is 0 Å². The summed E-state index contributed by atoms with van der Waals surface area (Å²) >= 11 is 6.12. The summed E-state index contributed by atoms with van der Waals surface area (Å²) in [7, 11) is 0. The summed E-state index contributed by atoms with van der Waals surface area (Å²) in [5.41, 5.74) is 12.5. The van der Waals surface area contributed by atoms with Crippen LogP contribution in [0.25, 0.3) is 16.9 Å². The number of benzene rings is 1. The van der Waals surface area contributed by atoms with Gasteiger partial charge in [-0.25, -0.2) is 4.98 Å². The number of aromatic nitrogens is 2. The van der Waals surface area contributed by atoms with Crippen LogP contribution in [0.15, 0.2) is 36.5 Å². The van der Waals surface area contributed by atoms with Gasteiger partial charge in [-0.3, -0.25) is 0 Å². The van der Waals surface area contributed by atoms with E-state index in [1.165, 1.54) is 16.7 Å². The predicted octanol–water partition coefficient (Wildman–Crippen LogP) is 3.77. The molecule has 1 aromatic carbocycles. The van der Waals surface area contributed by atoms with Crippen molar-refractivity contribution in [3.63, 3.8) is 0 Å². The van der Waals surface area contributed by atoms with Crippen molar-refractivity contribution in [2.24, 2.45) is 5.73 Å². The molecule has 3 rings (SSSR count). The zero-order chi connectivity index (χ0) is 15.0. The molecule has 0 amide bonds. The molecule has 3 nitrogen and oxygen atoms in total. The number of nitrogens with zero attached hydrogens (tertiary/aromatic N) is 2. The summed E-state index contributed by atoms with van der Waals surface area (Å²) in [6.45, 7) is 4.83. The molecule has 0 fully saturated rings. The second kappa shape index (κ2) is 5.51. The number of hydrogen-bond acceptors (Lipinski definition) is 2. The molecule has 0 saturated carbocycles. The van der Waals surface area contributed by atoms with E-state index >= 15 is 0 Å². The van der Waals surface area contributed by atoms with Gasteiger partial charge in [-0.2, -0.15) is 0 Å². The van der Waals surface area contributed by atoms with E-state index in [1.807, 2.05) is 22.7 Å². The van der Waals surface area contributed by atoms with E-state index in [0.29, 0.717) is 11.6 Å². The minimum absolute atomic E-state index is 0.582. The Balaban J connectivity index is 2.31. The van der Waals surface area contributed by atoms with E-state index in [1.54, 1.807) is 0 Å². The van der Waals surface area contributed by atoms with Crippen LogP contribution in [0, 0.1) is 13.8 Å². The van der Waals surface area contributed by atoms with Crippen molar-refractivity contribution in [3.8, 4) is 11.3 Å². The molecule has 2 aromatic heterocycles. The molecule has 2 heterocycles. The molecule has 0 spiro atoms.